The predicted octanol–water partition coefficient (Wildman–Crippen LogP) is 3.72. The summed E-state index contributed by atoms with van der Waals surface area (Å²) in [5.41, 5.74) is 0.960. The number of nitrogens with zero attached hydrogens (tertiary/aromatic N) is 4. The summed E-state index contributed by atoms with van der Waals surface area (Å²) in [6, 6.07) is 8.64. The number of hydrogen-bond acceptors (Lipinski definition) is 7. The quantitative estimate of drug-likeness (QED) is 0.597. The first-order valence-corrected chi connectivity index (χ1v) is 11.0. The Labute approximate surface area is 200 Å². The van der Waals surface area contributed by atoms with Crippen LogP contribution in [0.3, 0.4) is 0 Å². The minimum atomic E-state index is -1.58. The van der Waals surface area contributed by atoms with Gasteiger partial charge >= 0.3 is 0 Å². The van der Waals surface area contributed by atoms with Gasteiger partial charge in [0.1, 0.15) is 35.9 Å². The van der Waals surface area contributed by atoms with Crippen molar-refractivity contribution in [3.05, 3.63) is 83.5 Å². The number of aromatic nitrogens is 2. The normalized spacial score (nSPS) is 21.4. The molecule has 2 unspecified atom stereocenters. The van der Waals surface area contributed by atoms with E-state index in [1.807, 2.05) is 42.8 Å². The van der Waals surface area contributed by atoms with Crippen molar-refractivity contribution in [2.24, 2.45) is 5.16 Å². The van der Waals surface area contributed by atoms with Gasteiger partial charge < -0.3 is 28.9 Å². The lowest BCUT2D eigenvalue weighted by Crippen LogP contribution is -2.50. The Morgan fingerprint density at radius 1 is 1.20 bits per heavy atom. The second-order valence-electron chi connectivity index (χ2n) is 8.50. The lowest BCUT2D eigenvalue weighted by Gasteiger charge is -2.36. The second-order valence-corrected chi connectivity index (χ2v) is 8.50. The van der Waals surface area contributed by atoms with Crippen LogP contribution in [0.1, 0.15) is 23.7 Å². The minimum Gasteiger partial charge on any atom is -0.495 e. The fourth-order valence-corrected chi connectivity index (χ4v) is 4.36. The Morgan fingerprint density at radius 2 is 1.97 bits per heavy atom. The summed E-state index contributed by atoms with van der Waals surface area (Å²) in [5, 5.41) is 14.4. The molecule has 35 heavy (non-hydrogen) atoms. The molecule has 0 saturated carbocycles. The first-order valence-electron chi connectivity index (χ1n) is 11.0. The third kappa shape index (κ3) is 3.99. The first-order chi connectivity index (χ1) is 16.8. The van der Waals surface area contributed by atoms with Gasteiger partial charge in [0.2, 0.25) is 0 Å². The van der Waals surface area contributed by atoms with Gasteiger partial charge in [-0.1, -0.05) is 5.16 Å². The van der Waals surface area contributed by atoms with Crippen LogP contribution in [0, 0.1) is 18.6 Å². The molecule has 2 aromatic carbocycles. The number of aryl methyl sites for hydroxylation is 1. The van der Waals surface area contributed by atoms with Crippen LogP contribution in [-0.4, -0.2) is 51.8 Å². The second kappa shape index (κ2) is 8.70. The van der Waals surface area contributed by atoms with Crippen molar-refractivity contribution in [1.82, 2.24) is 14.5 Å². The predicted molar refractivity (Wildman–Crippen MR) is 124 cm³/mol. The summed E-state index contributed by atoms with van der Waals surface area (Å²) in [7, 11) is 1.59. The van der Waals surface area contributed by atoms with Gasteiger partial charge in [0.15, 0.2) is 5.84 Å². The number of aliphatic hydroxyl groups excluding tert-OH is 1. The third-order valence-corrected chi connectivity index (χ3v) is 6.01. The number of imidazole rings is 1. The van der Waals surface area contributed by atoms with E-state index in [2.05, 4.69) is 10.1 Å². The Morgan fingerprint density at radius 3 is 2.63 bits per heavy atom. The SMILES string of the molecule is COc1cc(C2=CC3=NOC(CO)(c4cc(F)cc(F)c4)N3CC(C)O2)ccc1-n1cnc(C)c1. The molecule has 3 aromatic rings. The fraction of sp³-hybridized carbons (Fsp3) is 0.280. The fourth-order valence-electron chi connectivity index (χ4n) is 4.36. The van der Waals surface area contributed by atoms with Crippen molar-refractivity contribution in [3.63, 3.8) is 0 Å². The summed E-state index contributed by atoms with van der Waals surface area (Å²) < 4.78 is 41.7. The van der Waals surface area contributed by atoms with Gasteiger partial charge in [-0.2, -0.15) is 0 Å². The van der Waals surface area contributed by atoms with Gasteiger partial charge in [-0.3, -0.25) is 0 Å². The van der Waals surface area contributed by atoms with Crippen LogP contribution >= 0.6 is 0 Å². The van der Waals surface area contributed by atoms with Crippen molar-refractivity contribution >= 4 is 11.6 Å². The maximum Gasteiger partial charge on any atom is 0.260 e. The molecule has 2 aliphatic rings. The number of fused-ring (bicyclic) bond motifs is 1. The highest BCUT2D eigenvalue weighted by molar-refractivity contribution is 5.99. The van der Waals surface area contributed by atoms with Gasteiger partial charge in [0, 0.05) is 29.5 Å². The standard InChI is InChI=1S/C25H24F2N4O4/c1-15-11-30(14-28-15)21-5-4-17(6-23(21)33-3)22-10-24-29-35-25(13-32,31(24)12-16(2)34-22)18-7-19(26)9-20(27)8-18/h4-11,14,16,32H,12-13H2,1-3H3. The summed E-state index contributed by atoms with van der Waals surface area (Å²) in [6.45, 7) is 3.43. The van der Waals surface area contributed by atoms with Crippen LogP contribution in [0.5, 0.6) is 5.75 Å². The number of oxime groups is 1. The van der Waals surface area contributed by atoms with E-state index in [9.17, 15) is 13.9 Å². The molecular weight excluding hydrogens is 458 g/mol. The number of hydrogen-bond donors (Lipinski definition) is 1. The van der Waals surface area contributed by atoms with Crippen molar-refractivity contribution in [3.8, 4) is 11.4 Å². The molecule has 0 bridgehead atoms. The van der Waals surface area contributed by atoms with Gasteiger partial charge in [0.25, 0.3) is 5.72 Å². The van der Waals surface area contributed by atoms with Crippen LogP contribution in [0.2, 0.25) is 0 Å². The Kier molecular flexibility index (Phi) is 5.68. The summed E-state index contributed by atoms with van der Waals surface area (Å²) >= 11 is 0. The van der Waals surface area contributed by atoms with Gasteiger partial charge in [0.05, 0.1) is 31.4 Å². The van der Waals surface area contributed by atoms with Crippen LogP contribution in [0.4, 0.5) is 8.78 Å². The van der Waals surface area contributed by atoms with Gasteiger partial charge in [-0.15, -0.1) is 0 Å². The van der Waals surface area contributed by atoms with E-state index < -0.39 is 24.0 Å². The van der Waals surface area contributed by atoms with Crippen LogP contribution in [0.25, 0.3) is 11.4 Å². The smallest absolute Gasteiger partial charge is 0.260 e. The molecule has 182 valence electrons. The largest absolute Gasteiger partial charge is 0.495 e. The Bertz CT molecular complexity index is 1320. The summed E-state index contributed by atoms with van der Waals surface area (Å²) in [4.78, 5) is 11.6. The lowest BCUT2D eigenvalue weighted by atomic mass is 10.0. The van der Waals surface area contributed by atoms with E-state index in [1.165, 1.54) is 0 Å². The number of methoxy groups -OCH3 is 1. The van der Waals surface area contributed by atoms with Crippen molar-refractivity contribution in [2.75, 3.05) is 20.3 Å². The molecule has 2 atom stereocenters. The molecule has 5 rings (SSSR count). The van der Waals surface area contributed by atoms with E-state index in [-0.39, 0.29) is 18.2 Å². The molecule has 10 heteroatoms. The van der Waals surface area contributed by atoms with E-state index in [4.69, 9.17) is 14.3 Å². The molecule has 0 aliphatic carbocycles. The topological polar surface area (TPSA) is 81.3 Å². The number of benzene rings is 2. The van der Waals surface area contributed by atoms with Crippen molar-refractivity contribution in [2.45, 2.75) is 25.7 Å². The molecular formula is C25H24F2N4O4. The zero-order valence-corrected chi connectivity index (χ0v) is 19.4. The van der Waals surface area contributed by atoms with Crippen LogP contribution in [-0.2, 0) is 15.3 Å². The first kappa shape index (κ1) is 22.9. The number of aliphatic hydroxyl groups is 1. The Hall–Kier alpha value is -3.92. The molecule has 1 aromatic heterocycles. The van der Waals surface area contributed by atoms with Crippen LogP contribution < -0.4 is 4.74 Å². The number of amidine groups is 1. The molecule has 0 saturated heterocycles. The molecule has 8 nitrogen and oxygen atoms in total. The van der Waals surface area contributed by atoms with E-state index >= 15 is 0 Å². The molecule has 1 N–H and O–H groups in total. The number of ether oxygens (including phenoxy) is 2. The van der Waals surface area contributed by atoms with E-state index in [0.717, 1.165) is 35.1 Å². The highest BCUT2D eigenvalue weighted by Gasteiger charge is 2.49. The zero-order chi connectivity index (χ0) is 24.7. The van der Waals surface area contributed by atoms with E-state index in [0.29, 0.717) is 17.3 Å². The zero-order valence-electron chi connectivity index (χ0n) is 19.4. The number of rotatable bonds is 5. The van der Waals surface area contributed by atoms with Gasteiger partial charge in [-0.05, 0) is 44.2 Å². The van der Waals surface area contributed by atoms with Crippen LogP contribution in [0.15, 0.2) is 60.2 Å². The average Bonchev–Trinajstić information content (AvgIpc) is 3.36. The lowest BCUT2D eigenvalue weighted by molar-refractivity contribution is -0.141. The maximum absolute atomic E-state index is 14.0. The Balaban J connectivity index is 1.53. The molecule has 0 spiro atoms. The van der Waals surface area contributed by atoms with E-state index in [1.54, 1.807) is 24.4 Å². The number of halogens is 2. The molecule has 3 heterocycles. The molecule has 2 aliphatic heterocycles. The molecule has 0 amide bonds. The summed E-state index contributed by atoms with van der Waals surface area (Å²) in [5.74, 6) is -0.0757. The van der Waals surface area contributed by atoms with Crippen molar-refractivity contribution in [1.29, 1.82) is 0 Å². The average molecular weight is 482 g/mol. The highest BCUT2D eigenvalue weighted by Crippen LogP contribution is 2.39. The molecule has 0 fully saturated rings. The highest BCUT2D eigenvalue weighted by atomic mass is 19.1. The minimum absolute atomic E-state index is 0.113. The molecule has 0 radical (unpaired) electrons. The maximum atomic E-state index is 14.0. The third-order valence-electron chi connectivity index (χ3n) is 6.01. The van der Waals surface area contributed by atoms with Gasteiger partial charge in [-0.25, -0.2) is 13.8 Å². The van der Waals surface area contributed by atoms with Crippen molar-refractivity contribution < 1.29 is 28.2 Å². The monoisotopic (exact) mass is 482 g/mol. The summed E-state index contributed by atoms with van der Waals surface area (Å²) in [6.07, 6.45) is 4.91.